The van der Waals surface area contributed by atoms with Gasteiger partial charge in [0.1, 0.15) is 11.5 Å². The molecule has 4 nitrogen and oxygen atoms in total. The highest BCUT2D eigenvalue weighted by molar-refractivity contribution is 9.10. The highest BCUT2D eigenvalue weighted by Crippen LogP contribution is 2.24. The molecule has 0 saturated carbocycles. The number of phenols is 2. The molecule has 6 heteroatoms. The molecule has 0 spiro atoms. The Morgan fingerprint density at radius 2 is 1.20 bits per heavy atom. The van der Waals surface area contributed by atoms with Crippen molar-refractivity contribution in [1.29, 1.82) is 0 Å². The van der Waals surface area contributed by atoms with Gasteiger partial charge in [-0.15, -0.1) is 0 Å². The molecule has 2 rings (SSSR count). The Bertz CT molecular complexity index is 798. The fourth-order valence-corrected chi connectivity index (χ4v) is 2.73. The SMILES string of the molecule is O=C(C=Cc1cc(O)ccc1Br)CC(=O)C=Cc1cc(O)ccc1Br. The summed E-state index contributed by atoms with van der Waals surface area (Å²) in [6.45, 7) is 0. The van der Waals surface area contributed by atoms with E-state index >= 15 is 0 Å². The largest absolute Gasteiger partial charge is 0.508 e. The van der Waals surface area contributed by atoms with Crippen molar-refractivity contribution < 1.29 is 19.8 Å². The summed E-state index contributed by atoms with van der Waals surface area (Å²) >= 11 is 6.64. The van der Waals surface area contributed by atoms with Crippen molar-refractivity contribution in [3.8, 4) is 11.5 Å². The lowest BCUT2D eigenvalue weighted by Crippen LogP contribution is -2.01. The van der Waals surface area contributed by atoms with Crippen LogP contribution >= 0.6 is 31.9 Å². The molecule has 0 atom stereocenters. The maximum absolute atomic E-state index is 11.9. The quantitative estimate of drug-likeness (QED) is 0.471. The lowest BCUT2D eigenvalue weighted by atomic mass is 10.1. The Morgan fingerprint density at radius 1 is 0.800 bits per heavy atom. The summed E-state index contributed by atoms with van der Waals surface area (Å²) in [5.74, 6) is -0.517. The van der Waals surface area contributed by atoms with Crippen LogP contribution in [0.2, 0.25) is 0 Å². The molecule has 0 radical (unpaired) electrons. The van der Waals surface area contributed by atoms with Crippen molar-refractivity contribution in [1.82, 2.24) is 0 Å². The van der Waals surface area contributed by atoms with Crippen LogP contribution in [0.15, 0.2) is 57.5 Å². The van der Waals surface area contributed by atoms with Gasteiger partial charge in [0, 0.05) is 8.95 Å². The van der Waals surface area contributed by atoms with Gasteiger partial charge in [-0.3, -0.25) is 9.59 Å². The first-order valence-corrected chi connectivity index (χ1v) is 8.82. The Morgan fingerprint density at radius 3 is 1.60 bits per heavy atom. The molecule has 0 aromatic heterocycles. The second kappa shape index (κ2) is 8.78. The number of benzene rings is 2. The van der Waals surface area contributed by atoms with Crippen molar-refractivity contribution in [3.05, 3.63) is 68.6 Å². The second-order valence-corrected chi connectivity index (χ2v) is 6.90. The smallest absolute Gasteiger partial charge is 0.163 e. The molecule has 0 aliphatic heterocycles. The molecular weight excluding hydrogens is 452 g/mol. The first kappa shape index (κ1) is 19.1. The summed E-state index contributed by atoms with van der Waals surface area (Å²) in [5.41, 5.74) is 1.28. The number of rotatable bonds is 6. The average Bonchev–Trinajstić information content (AvgIpc) is 2.56. The molecule has 0 heterocycles. The summed E-state index contributed by atoms with van der Waals surface area (Å²) < 4.78 is 1.46. The number of hydrogen-bond donors (Lipinski definition) is 2. The zero-order valence-electron chi connectivity index (χ0n) is 12.9. The van der Waals surface area contributed by atoms with Crippen molar-refractivity contribution in [2.24, 2.45) is 0 Å². The van der Waals surface area contributed by atoms with Crippen LogP contribution in [-0.4, -0.2) is 21.8 Å². The summed E-state index contributed by atoms with van der Waals surface area (Å²) in [5, 5.41) is 18.9. The molecule has 0 bridgehead atoms. The normalized spacial score (nSPS) is 11.3. The monoisotopic (exact) mass is 464 g/mol. The maximum atomic E-state index is 11.9. The highest BCUT2D eigenvalue weighted by atomic mass is 79.9. The standard InChI is InChI=1S/C19H14Br2O4/c20-18-7-5-14(22)9-12(18)1-3-16(24)11-17(25)4-2-13-10-15(23)6-8-19(13)21/h1-10,22-23H,11H2. The van der Waals surface area contributed by atoms with Gasteiger partial charge in [0.15, 0.2) is 11.6 Å². The van der Waals surface area contributed by atoms with Gasteiger partial charge in [-0.2, -0.15) is 0 Å². The topological polar surface area (TPSA) is 74.6 Å². The van der Waals surface area contributed by atoms with E-state index in [9.17, 15) is 19.8 Å². The number of phenolic OH excluding ortho intramolecular Hbond substituents is 2. The summed E-state index contributed by atoms with van der Waals surface area (Å²) in [6, 6.07) is 9.40. The van der Waals surface area contributed by atoms with E-state index in [2.05, 4.69) is 31.9 Å². The van der Waals surface area contributed by atoms with Crippen LogP contribution < -0.4 is 0 Å². The molecule has 0 aliphatic carbocycles. The summed E-state index contributed by atoms with van der Waals surface area (Å²) in [4.78, 5) is 23.8. The van der Waals surface area contributed by atoms with Crippen LogP contribution in [0.25, 0.3) is 12.2 Å². The number of halogens is 2. The highest BCUT2D eigenvalue weighted by Gasteiger charge is 2.05. The molecule has 0 fully saturated rings. The lowest BCUT2D eigenvalue weighted by molar-refractivity contribution is -0.121. The van der Waals surface area contributed by atoms with Crippen LogP contribution in [0.3, 0.4) is 0 Å². The van der Waals surface area contributed by atoms with E-state index in [0.29, 0.717) is 11.1 Å². The number of aromatic hydroxyl groups is 2. The zero-order chi connectivity index (χ0) is 18.4. The average molecular weight is 466 g/mol. The van der Waals surface area contributed by atoms with Gasteiger partial charge < -0.3 is 10.2 Å². The van der Waals surface area contributed by atoms with Gasteiger partial charge in [-0.05, 0) is 59.7 Å². The second-order valence-electron chi connectivity index (χ2n) is 5.19. The van der Waals surface area contributed by atoms with E-state index in [-0.39, 0.29) is 29.5 Å². The first-order chi connectivity index (χ1) is 11.8. The van der Waals surface area contributed by atoms with Crippen LogP contribution in [0.5, 0.6) is 11.5 Å². The predicted octanol–water partition coefficient (Wildman–Crippen LogP) is 4.88. The van der Waals surface area contributed by atoms with Crippen molar-refractivity contribution in [2.75, 3.05) is 0 Å². The molecule has 0 unspecified atom stereocenters. The molecule has 128 valence electrons. The van der Waals surface area contributed by atoms with E-state index in [1.54, 1.807) is 12.1 Å². The minimum absolute atomic E-state index is 0.0889. The van der Waals surface area contributed by atoms with Gasteiger partial charge in [-0.25, -0.2) is 0 Å². The molecular formula is C19H14Br2O4. The molecule has 0 saturated heterocycles. The molecule has 25 heavy (non-hydrogen) atoms. The van der Waals surface area contributed by atoms with Gasteiger partial charge in [-0.1, -0.05) is 44.0 Å². The van der Waals surface area contributed by atoms with Crippen LogP contribution in [0.4, 0.5) is 0 Å². The van der Waals surface area contributed by atoms with Crippen molar-refractivity contribution in [3.63, 3.8) is 0 Å². The third kappa shape index (κ3) is 5.99. The predicted molar refractivity (Wildman–Crippen MR) is 104 cm³/mol. The number of ketones is 2. The van der Waals surface area contributed by atoms with Gasteiger partial charge >= 0.3 is 0 Å². The molecule has 0 aliphatic rings. The van der Waals surface area contributed by atoms with E-state index in [1.165, 1.54) is 48.6 Å². The van der Waals surface area contributed by atoms with E-state index in [0.717, 1.165) is 8.95 Å². The van der Waals surface area contributed by atoms with Gasteiger partial charge in [0.25, 0.3) is 0 Å². The zero-order valence-corrected chi connectivity index (χ0v) is 16.1. The van der Waals surface area contributed by atoms with Gasteiger partial charge in [0.05, 0.1) is 6.42 Å². The summed E-state index contributed by atoms with van der Waals surface area (Å²) in [7, 11) is 0. The first-order valence-electron chi connectivity index (χ1n) is 7.24. The lowest BCUT2D eigenvalue weighted by Gasteiger charge is -2.00. The van der Waals surface area contributed by atoms with Crippen LogP contribution in [-0.2, 0) is 9.59 Å². The van der Waals surface area contributed by atoms with E-state index < -0.39 is 0 Å². The van der Waals surface area contributed by atoms with E-state index in [4.69, 9.17) is 0 Å². The third-order valence-corrected chi connectivity index (χ3v) is 4.65. The maximum Gasteiger partial charge on any atom is 0.163 e. The molecule has 2 aromatic rings. The third-order valence-electron chi connectivity index (χ3n) is 3.21. The fourth-order valence-electron chi connectivity index (χ4n) is 1.97. The number of carbonyl (C=O) groups excluding carboxylic acids is 2. The summed E-state index contributed by atoms with van der Waals surface area (Å²) in [6.07, 6.45) is 5.41. The minimum atomic E-state index is -0.347. The number of hydrogen-bond acceptors (Lipinski definition) is 4. The Kier molecular flexibility index (Phi) is 6.73. The van der Waals surface area contributed by atoms with E-state index in [1.807, 2.05) is 0 Å². The minimum Gasteiger partial charge on any atom is -0.508 e. The van der Waals surface area contributed by atoms with Crippen LogP contribution in [0, 0.1) is 0 Å². The van der Waals surface area contributed by atoms with Crippen molar-refractivity contribution >= 4 is 55.6 Å². The number of allylic oxidation sites excluding steroid dienone is 2. The van der Waals surface area contributed by atoms with Gasteiger partial charge in [0.2, 0.25) is 0 Å². The molecule has 2 N–H and O–H groups in total. The Hall–Kier alpha value is -2.18. The van der Waals surface area contributed by atoms with Crippen LogP contribution in [0.1, 0.15) is 17.5 Å². The molecule has 0 amide bonds. The Labute approximate surface area is 161 Å². The van der Waals surface area contributed by atoms with Crippen molar-refractivity contribution in [2.45, 2.75) is 6.42 Å². The Balaban J connectivity index is 1.99. The fraction of sp³-hybridized carbons (Fsp3) is 0.0526. The number of carbonyl (C=O) groups is 2. The molecule has 2 aromatic carbocycles.